The monoisotopic (exact) mass is 527 g/mol. The van der Waals surface area contributed by atoms with Gasteiger partial charge in [-0.05, 0) is 42.3 Å². The molecule has 35 heavy (non-hydrogen) atoms. The summed E-state index contributed by atoms with van der Waals surface area (Å²) in [5.41, 5.74) is 3.29. The Bertz CT molecular complexity index is 1290. The standard InChI is InChI=1S/C23H25N7O2S3/c1-4-15-8-6-9-16(5-2)20(15)30-18(12-24-21(32)17-10-7-11-33-17)27-29-23(30)34-13-19(31)25-22-28-26-14(3)35-22/h6-11H,4-5,12-13H2,1-3H3,(H,24,32)(H,25,28,31). The summed E-state index contributed by atoms with van der Waals surface area (Å²) in [6, 6.07) is 9.85. The van der Waals surface area contributed by atoms with Crippen LogP contribution in [-0.2, 0) is 24.2 Å². The molecule has 0 spiro atoms. The topological polar surface area (TPSA) is 115 Å². The summed E-state index contributed by atoms with van der Waals surface area (Å²) in [7, 11) is 0. The maximum Gasteiger partial charge on any atom is 0.261 e. The van der Waals surface area contributed by atoms with Crippen molar-refractivity contribution in [1.29, 1.82) is 0 Å². The van der Waals surface area contributed by atoms with Gasteiger partial charge in [0.2, 0.25) is 11.0 Å². The van der Waals surface area contributed by atoms with E-state index in [1.807, 2.05) is 29.0 Å². The van der Waals surface area contributed by atoms with Crippen molar-refractivity contribution in [2.75, 3.05) is 11.1 Å². The third-order valence-corrected chi connectivity index (χ3v) is 7.70. The number of aryl methyl sites for hydroxylation is 3. The zero-order chi connectivity index (χ0) is 24.8. The second kappa shape index (κ2) is 11.6. The molecule has 3 aromatic heterocycles. The minimum atomic E-state index is -0.201. The fourth-order valence-electron chi connectivity index (χ4n) is 3.52. The third-order valence-electron chi connectivity index (χ3n) is 5.15. The molecule has 9 nitrogen and oxygen atoms in total. The summed E-state index contributed by atoms with van der Waals surface area (Å²) in [6.45, 7) is 6.25. The average Bonchev–Trinajstić information content (AvgIpc) is 3.62. The first-order valence-electron chi connectivity index (χ1n) is 11.1. The summed E-state index contributed by atoms with van der Waals surface area (Å²) in [4.78, 5) is 25.7. The van der Waals surface area contributed by atoms with Gasteiger partial charge >= 0.3 is 0 Å². The number of thiophene rings is 1. The van der Waals surface area contributed by atoms with E-state index in [2.05, 4.69) is 57.0 Å². The first-order chi connectivity index (χ1) is 17.0. The quantitative estimate of drug-likeness (QED) is 0.296. The number of hydrogen-bond donors (Lipinski definition) is 2. The van der Waals surface area contributed by atoms with E-state index in [0.717, 1.165) is 34.7 Å². The van der Waals surface area contributed by atoms with Crippen LogP contribution < -0.4 is 10.6 Å². The van der Waals surface area contributed by atoms with Crippen molar-refractivity contribution < 1.29 is 9.59 Å². The van der Waals surface area contributed by atoms with E-state index >= 15 is 0 Å². The lowest BCUT2D eigenvalue weighted by atomic mass is 10.0. The number of rotatable bonds is 10. The van der Waals surface area contributed by atoms with Gasteiger partial charge in [0, 0.05) is 0 Å². The lowest BCUT2D eigenvalue weighted by molar-refractivity contribution is -0.113. The lowest BCUT2D eigenvalue weighted by Crippen LogP contribution is -2.24. The Balaban J connectivity index is 1.61. The molecule has 182 valence electrons. The van der Waals surface area contributed by atoms with Gasteiger partial charge < -0.3 is 5.32 Å². The smallest absolute Gasteiger partial charge is 0.261 e. The normalized spacial score (nSPS) is 10.9. The molecule has 0 unspecified atom stereocenters. The molecule has 0 aliphatic rings. The van der Waals surface area contributed by atoms with Crippen molar-refractivity contribution in [2.24, 2.45) is 0 Å². The molecule has 0 saturated carbocycles. The molecule has 4 rings (SSSR count). The number of nitrogens with zero attached hydrogens (tertiary/aromatic N) is 5. The molecular formula is C23H25N7O2S3. The van der Waals surface area contributed by atoms with Crippen LogP contribution in [0.3, 0.4) is 0 Å². The van der Waals surface area contributed by atoms with Gasteiger partial charge in [0.05, 0.1) is 22.9 Å². The molecule has 0 aliphatic carbocycles. The van der Waals surface area contributed by atoms with Crippen LogP contribution in [0.15, 0.2) is 40.9 Å². The molecule has 0 saturated heterocycles. The van der Waals surface area contributed by atoms with E-state index < -0.39 is 0 Å². The number of amides is 2. The molecule has 4 aromatic rings. The molecule has 0 aliphatic heterocycles. The van der Waals surface area contributed by atoms with Crippen LogP contribution in [0.5, 0.6) is 0 Å². The number of carbonyl (C=O) groups is 2. The first-order valence-corrected chi connectivity index (χ1v) is 13.8. The van der Waals surface area contributed by atoms with E-state index in [9.17, 15) is 9.59 Å². The molecule has 0 radical (unpaired) electrons. The van der Waals surface area contributed by atoms with Crippen molar-refractivity contribution in [3.63, 3.8) is 0 Å². The average molecular weight is 528 g/mol. The van der Waals surface area contributed by atoms with Crippen molar-refractivity contribution in [3.05, 3.63) is 62.5 Å². The maximum absolute atomic E-state index is 12.5. The van der Waals surface area contributed by atoms with Gasteiger partial charge in [-0.3, -0.25) is 19.5 Å². The molecule has 12 heteroatoms. The van der Waals surface area contributed by atoms with E-state index in [4.69, 9.17) is 0 Å². The van der Waals surface area contributed by atoms with Crippen LogP contribution in [0.1, 0.15) is 45.5 Å². The molecule has 0 atom stereocenters. The third kappa shape index (κ3) is 5.95. The first kappa shape index (κ1) is 25.0. The van der Waals surface area contributed by atoms with Gasteiger partial charge in [0.25, 0.3) is 5.91 Å². The molecule has 2 N–H and O–H groups in total. The molecule has 0 fully saturated rings. The van der Waals surface area contributed by atoms with Crippen molar-refractivity contribution in [1.82, 2.24) is 30.3 Å². The van der Waals surface area contributed by atoms with Gasteiger partial charge in [-0.25, -0.2) is 0 Å². The zero-order valence-corrected chi connectivity index (χ0v) is 22.0. The van der Waals surface area contributed by atoms with Gasteiger partial charge in [0.1, 0.15) is 5.01 Å². The Morgan fingerprint density at radius 1 is 1.03 bits per heavy atom. The Morgan fingerprint density at radius 2 is 1.80 bits per heavy atom. The van der Waals surface area contributed by atoms with Crippen molar-refractivity contribution in [2.45, 2.75) is 45.3 Å². The minimum absolute atomic E-state index is 0.133. The highest BCUT2D eigenvalue weighted by molar-refractivity contribution is 7.99. The maximum atomic E-state index is 12.5. The highest BCUT2D eigenvalue weighted by Crippen LogP contribution is 2.28. The summed E-state index contributed by atoms with van der Waals surface area (Å²) in [6.07, 6.45) is 1.65. The second-order valence-electron chi connectivity index (χ2n) is 7.49. The van der Waals surface area contributed by atoms with Gasteiger partial charge in [-0.15, -0.1) is 31.7 Å². The highest BCUT2D eigenvalue weighted by atomic mass is 32.2. The van der Waals surface area contributed by atoms with Crippen LogP contribution in [0.25, 0.3) is 5.69 Å². The number of carbonyl (C=O) groups excluding carboxylic acids is 2. The van der Waals surface area contributed by atoms with Crippen molar-refractivity contribution in [3.8, 4) is 5.69 Å². The Labute approximate surface area is 215 Å². The Hall–Kier alpha value is -3.09. The van der Waals surface area contributed by atoms with E-state index in [-0.39, 0.29) is 24.1 Å². The Kier molecular flexibility index (Phi) is 8.26. The molecule has 1 aromatic carbocycles. The lowest BCUT2D eigenvalue weighted by Gasteiger charge is -2.18. The van der Waals surface area contributed by atoms with Crippen LogP contribution in [-0.4, -0.2) is 42.5 Å². The number of benzene rings is 1. The molecule has 0 bridgehead atoms. The molecule has 2 amide bonds. The van der Waals surface area contributed by atoms with E-state index in [1.165, 1.54) is 34.4 Å². The number of nitrogens with one attached hydrogen (secondary N) is 2. The summed E-state index contributed by atoms with van der Waals surface area (Å²) >= 11 is 4.00. The van der Waals surface area contributed by atoms with Crippen LogP contribution in [0, 0.1) is 6.92 Å². The highest BCUT2D eigenvalue weighted by Gasteiger charge is 2.21. The van der Waals surface area contributed by atoms with Gasteiger partial charge in [0.15, 0.2) is 11.0 Å². The number of para-hydroxylation sites is 1. The summed E-state index contributed by atoms with van der Waals surface area (Å²) < 4.78 is 1.97. The second-order valence-corrected chi connectivity index (χ2v) is 10.6. The van der Waals surface area contributed by atoms with Crippen LogP contribution in [0.4, 0.5) is 5.13 Å². The number of aromatic nitrogens is 5. The van der Waals surface area contributed by atoms with E-state index in [0.29, 0.717) is 21.0 Å². The number of hydrogen-bond acceptors (Lipinski definition) is 9. The summed E-state index contributed by atoms with van der Waals surface area (Å²) in [5, 5.41) is 26.1. The predicted molar refractivity (Wildman–Crippen MR) is 140 cm³/mol. The summed E-state index contributed by atoms with van der Waals surface area (Å²) in [5.74, 6) is 0.379. The largest absolute Gasteiger partial charge is 0.344 e. The van der Waals surface area contributed by atoms with Gasteiger partial charge in [-0.1, -0.05) is 61.2 Å². The van der Waals surface area contributed by atoms with Gasteiger partial charge in [-0.2, -0.15) is 0 Å². The predicted octanol–water partition coefficient (Wildman–Crippen LogP) is 4.27. The zero-order valence-electron chi connectivity index (χ0n) is 19.6. The number of thioether (sulfide) groups is 1. The molecule has 3 heterocycles. The fraction of sp³-hybridized carbons (Fsp3) is 0.304. The SMILES string of the molecule is CCc1cccc(CC)c1-n1c(CNC(=O)c2cccs2)nnc1SCC(=O)Nc1nnc(C)s1. The van der Waals surface area contributed by atoms with Crippen molar-refractivity contribution >= 4 is 51.4 Å². The molecular weight excluding hydrogens is 503 g/mol. The number of anilines is 1. The Morgan fingerprint density at radius 3 is 2.43 bits per heavy atom. The fourth-order valence-corrected chi connectivity index (χ4v) is 5.53. The minimum Gasteiger partial charge on any atom is -0.344 e. The van der Waals surface area contributed by atoms with Crippen LogP contribution >= 0.6 is 34.4 Å². The van der Waals surface area contributed by atoms with Crippen LogP contribution in [0.2, 0.25) is 0 Å². The van der Waals surface area contributed by atoms with E-state index in [1.54, 1.807) is 6.07 Å².